The van der Waals surface area contributed by atoms with E-state index < -0.39 is 0 Å². The lowest BCUT2D eigenvalue weighted by molar-refractivity contribution is -0.114. The lowest BCUT2D eigenvalue weighted by atomic mass is 9.53. The zero-order valence-corrected chi connectivity index (χ0v) is 19.0. The van der Waals surface area contributed by atoms with Crippen LogP contribution in [0.1, 0.15) is 60.0 Å². The van der Waals surface area contributed by atoms with Crippen LogP contribution in [0.5, 0.6) is 0 Å². The van der Waals surface area contributed by atoms with Crippen LogP contribution in [0.2, 0.25) is 0 Å². The Morgan fingerprint density at radius 3 is 2.03 bits per heavy atom. The molecular formula is C27H33N3O2. The van der Waals surface area contributed by atoms with Crippen molar-refractivity contribution < 1.29 is 9.59 Å². The Kier molecular flexibility index (Phi) is 5.44. The molecule has 0 unspecified atom stereocenters. The Labute approximate surface area is 190 Å². The molecule has 0 heterocycles. The number of nitrogens with one attached hydrogen (secondary N) is 3. The summed E-state index contributed by atoms with van der Waals surface area (Å²) in [6, 6.07) is 13.3. The van der Waals surface area contributed by atoms with E-state index in [1.165, 1.54) is 30.4 Å². The Hall–Kier alpha value is -2.82. The van der Waals surface area contributed by atoms with Crippen molar-refractivity contribution >= 4 is 23.2 Å². The molecule has 0 radical (unpaired) electrons. The summed E-state index contributed by atoms with van der Waals surface area (Å²) in [5.74, 6) is 2.31. The summed E-state index contributed by atoms with van der Waals surface area (Å²) in [5, 5.41) is 9.47. The van der Waals surface area contributed by atoms with Crippen LogP contribution in [-0.2, 0) is 4.79 Å². The molecule has 32 heavy (non-hydrogen) atoms. The third-order valence-corrected chi connectivity index (χ3v) is 7.81. The highest BCUT2D eigenvalue weighted by molar-refractivity contribution is 5.97. The molecule has 2 aromatic rings. The van der Waals surface area contributed by atoms with E-state index in [0.717, 1.165) is 42.7 Å². The summed E-state index contributed by atoms with van der Waals surface area (Å²) < 4.78 is 0. The van der Waals surface area contributed by atoms with Gasteiger partial charge < -0.3 is 16.0 Å². The highest BCUT2D eigenvalue weighted by atomic mass is 16.2. The van der Waals surface area contributed by atoms with E-state index in [1.54, 1.807) is 0 Å². The molecule has 4 aliphatic rings. The standard InChI is InChI=1S/C27H33N3O2/c1-17-3-6-24(9-18(17)2)28-16-25(31)29-23-7-4-22(5-8-23)26(32)30-27-13-19-10-20(14-27)12-21(11-19)15-27/h3-9,19-21,28H,10-16H2,1-2H3,(H,29,31)(H,30,32). The molecule has 0 atom stereocenters. The highest BCUT2D eigenvalue weighted by Crippen LogP contribution is 2.55. The smallest absolute Gasteiger partial charge is 0.251 e. The highest BCUT2D eigenvalue weighted by Gasteiger charge is 2.51. The normalized spacial score (nSPS) is 27.8. The van der Waals surface area contributed by atoms with E-state index in [-0.39, 0.29) is 23.9 Å². The molecule has 0 aliphatic heterocycles. The number of hydrogen-bond acceptors (Lipinski definition) is 3. The lowest BCUT2D eigenvalue weighted by Crippen LogP contribution is -2.59. The number of carbonyl (C=O) groups is 2. The molecule has 5 nitrogen and oxygen atoms in total. The number of rotatable bonds is 6. The molecule has 0 saturated heterocycles. The maximum Gasteiger partial charge on any atom is 0.251 e. The zero-order valence-electron chi connectivity index (χ0n) is 19.0. The van der Waals surface area contributed by atoms with Gasteiger partial charge in [0.15, 0.2) is 0 Å². The predicted molar refractivity (Wildman–Crippen MR) is 128 cm³/mol. The van der Waals surface area contributed by atoms with E-state index >= 15 is 0 Å². The summed E-state index contributed by atoms with van der Waals surface area (Å²) in [6.45, 7) is 4.32. The minimum atomic E-state index is -0.117. The van der Waals surface area contributed by atoms with Crippen molar-refractivity contribution in [1.82, 2.24) is 5.32 Å². The van der Waals surface area contributed by atoms with Gasteiger partial charge in [0.25, 0.3) is 5.91 Å². The second-order valence-corrected chi connectivity index (χ2v) is 10.4. The van der Waals surface area contributed by atoms with Gasteiger partial charge in [0.2, 0.25) is 5.91 Å². The van der Waals surface area contributed by atoms with Crippen LogP contribution >= 0.6 is 0 Å². The van der Waals surface area contributed by atoms with Crippen molar-refractivity contribution in [2.24, 2.45) is 17.8 Å². The molecule has 5 heteroatoms. The Balaban J connectivity index is 1.15. The summed E-state index contributed by atoms with van der Waals surface area (Å²) in [4.78, 5) is 25.3. The molecule has 0 aromatic heterocycles. The van der Waals surface area contributed by atoms with Gasteiger partial charge in [0, 0.05) is 22.5 Å². The molecule has 4 fully saturated rings. The second kappa shape index (κ2) is 8.27. The number of carbonyl (C=O) groups excluding carboxylic acids is 2. The largest absolute Gasteiger partial charge is 0.376 e. The van der Waals surface area contributed by atoms with E-state index in [2.05, 4.69) is 29.8 Å². The minimum Gasteiger partial charge on any atom is -0.376 e. The topological polar surface area (TPSA) is 70.2 Å². The maximum atomic E-state index is 13.0. The van der Waals surface area contributed by atoms with Gasteiger partial charge in [-0.05, 0) is 118 Å². The maximum absolute atomic E-state index is 13.0. The number of aryl methyl sites for hydroxylation is 2. The van der Waals surface area contributed by atoms with Crippen molar-refractivity contribution in [2.75, 3.05) is 17.2 Å². The van der Waals surface area contributed by atoms with Crippen LogP contribution in [0.3, 0.4) is 0 Å². The molecule has 2 aromatic carbocycles. The zero-order chi connectivity index (χ0) is 22.3. The molecule has 3 N–H and O–H groups in total. The Bertz CT molecular complexity index is 992. The van der Waals surface area contributed by atoms with Crippen molar-refractivity contribution in [3.8, 4) is 0 Å². The first-order chi connectivity index (χ1) is 15.4. The average molecular weight is 432 g/mol. The molecule has 2 amide bonds. The van der Waals surface area contributed by atoms with Gasteiger partial charge in [-0.1, -0.05) is 6.07 Å². The van der Waals surface area contributed by atoms with Gasteiger partial charge in [-0.3, -0.25) is 9.59 Å². The summed E-state index contributed by atoms with van der Waals surface area (Å²) in [5.41, 5.74) is 4.72. The average Bonchev–Trinajstić information content (AvgIpc) is 2.74. The van der Waals surface area contributed by atoms with Crippen LogP contribution in [-0.4, -0.2) is 23.9 Å². The van der Waals surface area contributed by atoms with Crippen LogP contribution in [0.15, 0.2) is 42.5 Å². The van der Waals surface area contributed by atoms with Gasteiger partial charge >= 0.3 is 0 Å². The first kappa shape index (κ1) is 21.0. The van der Waals surface area contributed by atoms with Gasteiger partial charge in [-0.2, -0.15) is 0 Å². The fraction of sp³-hybridized carbons (Fsp3) is 0.481. The third kappa shape index (κ3) is 4.38. The van der Waals surface area contributed by atoms with Gasteiger partial charge in [0.1, 0.15) is 0 Å². The monoisotopic (exact) mass is 431 g/mol. The fourth-order valence-electron chi connectivity index (χ4n) is 6.52. The van der Waals surface area contributed by atoms with Crippen molar-refractivity contribution in [3.63, 3.8) is 0 Å². The first-order valence-corrected chi connectivity index (χ1v) is 11.9. The molecule has 4 saturated carbocycles. The van der Waals surface area contributed by atoms with E-state index in [1.807, 2.05) is 42.5 Å². The first-order valence-electron chi connectivity index (χ1n) is 11.9. The van der Waals surface area contributed by atoms with E-state index in [9.17, 15) is 9.59 Å². The Morgan fingerprint density at radius 1 is 0.844 bits per heavy atom. The van der Waals surface area contributed by atoms with E-state index in [0.29, 0.717) is 11.3 Å². The van der Waals surface area contributed by atoms with Crippen LogP contribution in [0, 0.1) is 31.6 Å². The summed E-state index contributed by atoms with van der Waals surface area (Å²) in [6.07, 6.45) is 7.52. The van der Waals surface area contributed by atoms with Gasteiger partial charge in [-0.15, -0.1) is 0 Å². The lowest BCUT2D eigenvalue weighted by Gasteiger charge is -2.56. The van der Waals surface area contributed by atoms with Gasteiger partial charge in [-0.25, -0.2) is 0 Å². The quantitative estimate of drug-likeness (QED) is 0.599. The summed E-state index contributed by atoms with van der Waals surface area (Å²) >= 11 is 0. The third-order valence-electron chi connectivity index (χ3n) is 7.81. The Morgan fingerprint density at radius 2 is 1.44 bits per heavy atom. The molecular weight excluding hydrogens is 398 g/mol. The number of hydrogen-bond donors (Lipinski definition) is 3. The van der Waals surface area contributed by atoms with Crippen molar-refractivity contribution in [3.05, 3.63) is 59.2 Å². The number of amides is 2. The number of anilines is 2. The molecule has 4 aliphatic carbocycles. The molecule has 6 rings (SSSR count). The van der Waals surface area contributed by atoms with E-state index in [4.69, 9.17) is 0 Å². The van der Waals surface area contributed by atoms with Crippen LogP contribution in [0.25, 0.3) is 0 Å². The van der Waals surface area contributed by atoms with Crippen molar-refractivity contribution in [2.45, 2.75) is 57.9 Å². The molecule has 168 valence electrons. The molecule has 4 bridgehead atoms. The second-order valence-electron chi connectivity index (χ2n) is 10.4. The fourth-order valence-corrected chi connectivity index (χ4v) is 6.52. The minimum absolute atomic E-state index is 0.0126. The van der Waals surface area contributed by atoms with Gasteiger partial charge in [0.05, 0.1) is 6.54 Å². The van der Waals surface area contributed by atoms with Crippen LogP contribution in [0.4, 0.5) is 11.4 Å². The summed E-state index contributed by atoms with van der Waals surface area (Å²) in [7, 11) is 0. The predicted octanol–water partition coefficient (Wildman–Crippen LogP) is 5.05. The van der Waals surface area contributed by atoms with Crippen molar-refractivity contribution in [1.29, 1.82) is 0 Å². The van der Waals surface area contributed by atoms with Crippen LogP contribution < -0.4 is 16.0 Å². The number of benzene rings is 2. The SMILES string of the molecule is Cc1ccc(NCC(=O)Nc2ccc(C(=O)NC34CC5CC(CC(C5)C3)C4)cc2)cc1C. The molecule has 0 spiro atoms.